The van der Waals surface area contributed by atoms with Crippen LogP contribution in [0.25, 0.3) is 0 Å². The van der Waals surface area contributed by atoms with Crippen molar-refractivity contribution < 1.29 is 14.9 Å². The van der Waals surface area contributed by atoms with Gasteiger partial charge < -0.3 is 14.9 Å². The molecule has 0 aliphatic heterocycles. The van der Waals surface area contributed by atoms with Gasteiger partial charge in [-0.1, -0.05) is 45.6 Å². The smallest absolute Gasteiger partial charge is 0.0662 e. The largest absolute Gasteiger partial charge is 0.394 e. The minimum atomic E-state index is -0.125. The van der Waals surface area contributed by atoms with E-state index >= 15 is 0 Å². The first kappa shape index (κ1) is 22.8. The summed E-state index contributed by atoms with van der Waals surface area (Å²) < 4.78 is 5.44. The Morgan fingerprint density at radius 2 is 1.22 bits per heavy atom. The van der Waals surface area contributed by atoms with Crippen LogP contribution < -0.4 is 0 Å². The summed E-state index contributed by atoms with van der Waals surface area (Å²) >= 11 is 0. The van der Waals surface area contributed by atoms with Gasteiger partial charge >= 0.3 is 0 Å². The molecular formula is C15H34O3. The van der Waals surface area contributed by atoms with Crippen molar-refractivity contribution in [1.82, 2.24) is 0 Å². The topological polar surface area (TPSA) is 49.7 Å². The van der Waals surface area contributed by atoms with Gasteiger partial charge in [0.05, 0.1) is 13.2 Å². The molecule has 2 N–H and O–H groups in total. The van der Waals surface area contributed by atoms with Gasteiger partial charge in [-0.05, 0) is 19.8 Å². The van der Waals surface area contributed by atoms with Crippen LogP contribution in [-0.4, -0.2) is 36.6 Å². The molecule has 3 nitrogen and oxygen atoms in total. The Morgan fingerprint density at radius 1 is 0.889 bits per heavy atom. The second-order valence-electron chi connectivity index (χ2n) is 3.88. The van der Waals surface area contributed by atoms with E-state index in [9.17, 15) is 0 Å². The van der Waals surface area contributed by atoms with Gasteiger partial charge in [-0.25, -0.2) is 0 Å². The van der Waals surface area contributed by atoms with Crippen LogP contribution in [0.5, 0.6) is 0 Å². The Kier molecular flexibility index (Phi) is 38.0. The number of hydrogen-bond donors (Lipinski definition) is 2. The molecule has 0 aliphatic rings. The zero-order valence-electron chi connectivity index (χ0n) is 12.7. The van der Waals surface area contributed by atoms with E-state index in [1.54, 1.807) is 6.08 Å². The maximum atomic E-state index is 7.62. The van der Waals surface area contributed by atoms with E-state index < -0.39 is 0 Å². The molecule has 0 amide bonds. The molecule has 0 saturated heterocycles. The number of hydrogen-bond acceptors (Lipinski definition) is 3. The molecule has 18 heavy (non-hydrogen) atoms. The molecule has 112 valence electrons. The average Bonchev–Trinajstić information content (AvgIpc) is 2.39. The lowest BCUT2D eigenvalue weighted by Crippen LogP contribution is -1.96. The van der Waals surface area contributed by atoms with Crippen LogP contribution >= 0.6 is 0 Å². The summed E-state index contributed by atoms with van der Waals surface area (Å²) in [5, 5.41) is 15.2. The van der Waals surface area contributed by atoms with Gasteiger partial charge in [0.2, 0.25) is 0 Å². The Morgan fingerprint density at radius 3 is 1.44 bits per heavy atom. The van der Waals surface area contributed by atoms with E-state index in [0.717, 1.165) is 13.2 Å². The Labute approximate surface area is 114 Å². The highest BCUT2D eigenvalue weighted by Crippen LogP contribution is 1.97. The lowest BCUT2D eigenvalue weighted by molar-refractivity contribution is 0.126. The van der Waals surface area contributed by atoms with Gasteiger partial charge in [0.1, 0.15) is 0 Å². The van der Waals surface area contributed by atoms with Crippen LogP contribution in [0.1, 0.15) is 59.3 Å². The molecule has 0 aliphatic carbocycles. The fourth-order valence-corrected chi connectivity index (χ4v) is 1.01. The number of aliphatic hydroxyl groups excluding tert-OH is 2. The summed E-state index contributed by atoms with van der Waals surface area (Å²) in [5.74, 6) is 0. The molecule has 0 saturated carbocycles. The van der Waals surface area contributed by atoms with Crippen LogP contribution in [0, 0.1) is 0 Å². The number of ether oxygens (including phenoxy) is 1. The van der Waals surface area contributed by atoms with Gasteiger partial charge in [0, 0.05) is 13.2 Å². The van der Waals surface area contributed by atoms with Crippen molar-refractivity contribution in [2.45, 2.75) is 59.3 Å². The third-order valence-corrected chi connectivity index (χ3v) is 1.88. The van der Waals surface area contributed by atoms with Crippen LogP contribution in [-0.2, 0) is 4.74 Å². The van der Waals surface area contributed by atoms with E-state index in [4.69, 9.17) is 14.9 Å². The second kappa shape index (κ2) is 30.0. The Bertz CT molecular complexity index is 106. The normalized spacial score (nSPS) is 8.72. The van der Waals surface area contributed by atoms with Crippen molar-refractivity contribution in [3.63, 3.8) is 0 Å². The second-order valence-corrected chi connectivity index (χ2v) is 3.88. The monoisotopic (exact) mass is 262 g/mol. The number of aliphatic hydroxyl groups is 2. The maximum absolute atomic E-state index is 7.62. The van der Waals surface area contributed by atoms with Crippen LogP contribution in [0.3, 0.4) is 0 Å². The molecule has 0 aromatic heterocycles. The molecule has 0 aromatic carbocycles. The summed E-state index contributed by atoms with van der Waals surface area (Å²) in [7, 11) is 0. The van der Waals surface area contributed by atoms with Crippen molar-refractivity contribution >= 4 is 0 Å². The van der Waals surface area contributed by atoms with Crippen molar-refractivity contribution in [1.29, 1.82) is 0 Å². The molecular weight excluding hydrogens is 228 g/mol. The van der Waals surface area contributed by atoms with Crippen LogP contribution in [0.15, 0.2) is 12.7 Å². The Hall–Kier alpha value is -0.380. The molecule has 0 fully saturated rings. The molecule has 0 rings (SSSR count). The minimum absolute atomic E-state index is 0.125. The van der Waals surface area contributed by atoms with Crippen LogP contribution in [0.4, 0.5) is 0 Å². The fourth-order valence-electron chi connectivity index (χ4n) is 1.01. The summed E-state index contributed by atoms with van der Waals surface area (Å²) in [6, 6.07) is 0. The predicted octanol–water partition coefficient (Wildman–Crippen LogP) is 3.55. The number of rotatable bonds is 9. The highest BCUT2D eigenvalue weighted by Gasteiger charge is 1.88. The Balaban J connectivity index is -0.000000266. The van der Waals surface area contributed by atoms with E-state index in [2.05, 4.69) is 20.4 Å². The molecule has 0 atom stereocenters. The molecule has 0 bridgehead atoms. The van der Waals surface area contributed by atoms with Gasteiger partial charge in [-0.2, -0.15) is 0 Å². The average molecular weight is 262 g/mol. The highest BCUT2D eigenvalue weighted by atomic mass is 16.5. The molecule has 3 heteroatoms. The first-order valence-corrected chi connectivity index (χ1v) is 7.11. The summed E-state index contributed by atoms with van der Waals surface area (Å²) in [6.07, 6.45) is 9.43. The third kappa shape index (κ3) is 44.9. The SMILES string of the molecule is C=CC.CCCCCOCCCCC.OCCO. The quantitative estimate of drug-likeness (QED) is 0.493. The summed E-state index contributed by atoms with van der Waals surface area (Å²) in [4.78, 5) is 0. The van der Waals surface area contributed by atoms with E-state index in [0.29, 0.717) is 0 Å². The van der Waals surface area contributed by atoms with Gasteiger partial charge in [-0.15, -0.1) is 6.58 Å². The predicted molar refractivity (Wildman–Crippen MR) is 79.9 cm³/mol. The number of allylic oxidation sites excluding steroid dienone is 1. The van der Waals surface area contributed by atoms with Crippen molar-refractivity contribution in [3.05, 3.63) is 12.7 Å². The van der Waals surface area contributed by atoms with Crippen LogP contribution in [0.2, 0.25) is 0 Å². The molecule has 0 heterocycles. The van der Waals surface area contributed by atoms with Crippen molar-refractivity contribution in [2.75, 3.05) is 26.4 Å². The molecule has 0 unspecified atom stereocenters. The fraction of sp³-hybridized carbons (Fsp3) is 0.867. The van der Waals surface area contributed by atoms with Crippen molar-refractivity contribution in [3.8, 4) is 0 Å². The van der Waals surface area contributed by atoms with E-state index in [1.165, 1.54) is 38.5 Å². The first-order valence-electron chi connectivity index (χ1n) is 7.11. The lowest BCUT2D eigenvalue weighted by Gasteiger charge is -2.01. The first-order chi connectivity index (χ1) is 8.74. The van der Waals surface area contributed by atoms with Gasteiger partial charge in [0.15, 0.2) is 0 Å². The lowest BCUT2D eigenvalue weighted by atomic mass is 10.2. The summed E-state index contributed by atoms with van der Waals surface area (Å²) in [5.41, 5.74) is 0. The molecule has 0 spiro atoms. The zero-order valence-corrected chi connectivity index (χ0v) is 12.7. The number of unbranched alkanes of at least 4 members (excludes halogenated alkanes) is 4. The molecule has 0 aromatic rings. The third-order valence-electron chi connectivity index (χ3n) is 1.88. The maximum Gasteiger partial charge on any atom is 0.0662 e. The minimum Gasteiger partial charge on any atom is -0.394 e. The standard InChI is InChI=1S/C10H22O.C3H6.C2H6O2/c1-3-5-7-9-11-10-8-6-4-2;1-3-2;3-1-2-4/h3-10H2,1-2H3;3H,1H2,2H3;3-4H,1-2H2. The van der Waals surface area contributed by atoms with Crippen molar-refractivity contribution in [2.24, 2.45) is 0 Å². The summed E-state index contributed by atoms with van der Waals surface area (Å²) in [6.45, 7) is 11.4. The zero-order chi connectivity index (χ0) is 14.5. The van der Waals surface area contributed by atoms with Gasteiger partial charge in [0.25, 0.3) is 0 Å². The van der Waals surface area contributed by atoms with E-state index in [-0.39, 0.29) is 13.2 Å². The highest BCUT2D eigenvalue weighted by molar-refractivity contribution is 4.51. The molecule has 0 radical (unpaired) electrons. The van der Waals surface area contributed by atoms with E-state index in [1.807, 2.05) is 6.92 Å². The van der Waals surface area contributed by atoms with Gasteiger partial charge in [-0.3, -0.25) is 0 Å².